The lowest BCUT2D eigenvalue weighted by Gasteiger charge is -2.18. The van der Waals surface area contributed by atoms with E-state index in [0.717, 1.165) is 12.8 Å². The van der Waals surface area contributed by atoms with Gasteiger partial charge in [-0.2, -0.15) is 0 Å². The summed E-state index contributed by atoms with van der Waals surface area (Å²) in [6.45, 7) is 2.41. The number of aliphatic hydroxyl groups excluding tert-OH is 1. The number of fused-ring (bicyclic) bond motifs is 1. The van der Waals surface area contributed by atoms with Crippen LogP contribution in [0.1, 0.15) is 59.0 Å². The molecule has 2 aromatic heterocycles. The third-order valence-electron chi connectivity index (χ3n) is 5.32. The smallest absolute Gasteiger partial charge is 0.254 e. The van der Waals surface area contributed by atoms with E-state index in [1.54, 1.807) is 0 Å². The first kappa shape index (κ1) is 21.1. The van der Waals surface area contributed by atoms with Crippen LogP contribution in [-0.4, -0.2) is 53.5 Å². The Morgan fingerprint density at radius 1 is 1.34 bits per heavy atom. The number of hydrogen-bond acceptors (Lipinski definition) is 7. The van der Waals surface area contributed by atoms with Gasteiger partial charge in [0.15, 0.2) is 6.39 Å². The fraction of sp³-hybridized carbons (Fsp3) is 0.550. The van der Waals surface area contributed by atoms with Crippen molar-refractivity contribution in [2.45, 2.75) is 51.3 Å². The number of aliphatic hydroxyl groups is 1. The Morgan fingerprint density at radius 3 is 2.90 bits per heavy atom. The van der Waals surface area contributed by atoms with Crippen LogP contribution in [0.2, 0.25) is 0 Å². The van der Waals surface area contributed by atoms with Crippen molar-refractivity contribution in [3.05, 3.63) is 41.0 Å². The molecule has 2 aromatic rings. The van der Waals surface area contributed by atoms with E-state index in [2.05, 4.69) is 15.6 Å². The molecule has 3 rings (SSSR count). The van der Waals surface area contributed by atoms with Crippen molar-refractivity contribution in [3.63, 3.8) is 0 Å². The summed E-state index contributed by atoms with van der Waals surface area (Å²) in [5.74, 6) is 0.914. The van der Waals surface area contributed by atoms with Crippen molar-refractivity contribution >= 4 is 11.8 Å². The minimum absolute atomic E-state index is 0.0967. The highest BCUT2D eigenvalue weighted by molar-refractivity contribution is 5.95. The Balaban J connectivity index is 1.52. The largest absolute Gasteiger partial charge is 0.468 e. The van der Waals surface area contributed by atoms with Gasteiger partial charge >= 0.3 is 0 Å². The molecule has 1 aliphatic rings. The van der Waals surface area contributed by atoms with Crippen LogP contribution in [0.15, 0.2) is 21.5 Å². The molecule has 0 spiro atoms. The molecule has 2 amide bonds. The normalized spacial score (nSPS) is 17.1. The van der Waals surface area contributed by atoms with Crippen molar-refractivity contribution in [3.8, 4) is 0 Å². The zero-order valence-corrected chi connectivity index (χ0v) is 17.0. The number of amides is 2. The van der Waals surface area contributed by atoms with Crippen LogP contribution < -0.4 is 10.6 Å². The van der Waals surface area contributed by atoms with Gasteiger partial charge in [0, 0.05) is 24.9 Å². The molecule has 0 bridgehead atoms. The number of oxazole rings is 1. The maximum atomic E-state index is 12.5. The number of hydrogen-bond donors (Lipinski definition) is 3. The van der Waals surface area contributed by atoms with Crippen LogP contribution in [0.4, 0.5) is 0 Å². The summed E-state index contributed by atoms with van der Waals surface area (Å²) in [5, 5.41) is 15.8. The van der Waals surface area contributed by atoms with E-state index in [0.29, 0.717) is 47.7 Å². The van der Waals surface area contributed by atoms with Crippen molar-refractivity contribution in [1.82, 2.24) is 20.5 Å². The first-order valence-electron chi connectivity index (χ1n) is 9.80. The quantitative estimate of drug-likeness (QED) is 0.604. The van der Waals surface area contributed by atoms with Gasteiger partial charge in [0.05, 0.1) is 24.3 Å². The molecule has 0 aliphatic heterocycles. The van der Waals surface area contributed by atoms with Crippen molar-refractivity contribution in [1.29, 1.82) is 0 Å². The second-order valence-corrected chi connectivity index (χ2v) is 7.48. The second-order valence-electron chi connectivity index (χ2n) is 7.48. The average molecular weight is 404 g/mol. The zero-order chi connectivity index (χ0) is 21.0. The lowest BCUT2D eigenvalue weighted by molar-refractivity contribution is -0.125. The van der Waals surface area contributed by atoms with E-state index in [-0.39, 0.29) is 24.4 Å². The van der Waals surface area contributed by atoms with Gasteiger partial charge in [-0.05, 0) is 33.9 Å². The van der Waals surface area contributed by atoms with Gasteiger partial charge in [0.25, 0.3) is 5.91 Å². The molecule has 3 N–H and O–H groups in total. The number of furan rings is 1. The number of nitrogens with one attached hydrogen (secondary N) is 2. The first-order valence-corrected chi connectivity index (χ1v) is 9.80. The van der Waals surface area contributed by atoms with E-state index in [4.69, 9.17) is 8.83 Å². The van der Waals surface area contributed by atoms with Crippen LogP contribution in [-0.2, 0) is 24.2 Å². The molecule has 2 heterocycles. The molecular weight excluding hydrogens is 376 g/mol. The van der Waals surface area contributed by atoms with E-state index in [9.17, 15) is 14.7 Å². The third kappa shape index (κ3) is 4.86. The Kier molecular flexibility index (Phi) is 6.71. The minimum atomic E-state index is -0.660. The van der Waals surface area contributed by atoms with Gasteiger partial charge < -0.3 is 24.6 Å². The van der Waals surface area contributed by atoms with Gasteiger partial charge in [0.2, 0.25) is 5.91 Å². The SMILES string of the molecule is C[C@@H](C(=O)NCc1ncoc1CCNC(=O)c1coc2c1C(O)CCC2)N(C)C. The molecule has 0 saturated carbocycles. The van der Waals surface area contributed by atoms with Crippen LogP contribution in [0.3, 0.4) is 0 Å². The van der Waals surface area contributed by atoms with E-state index in [1.807, 2.05) is 25.9 Å². The van der Waals surface area contributed by atoms with E-state index < -0.39 is 6.10 Å². The topological polar surface area (TPSA) is 121 Å². The summed E-state index contributed by atoms with van der Waals surface area (Å²) >= 11 is 0. The van der Waals surface area contributed by atoms with E-state index >= 15 is 0 Å². The predicted octanol–water partition coefficient (Wildman–Crippen LogP) is 1.18. The molecular formula is C20H28N4O5. The third-order valence-corrected chi connectivity index (χ3v) is 5.32. The number of aromatic nitrogens is 1. The van der Waals surface area contributed by atoms with Gasteiger partial charge in [-0.1, -0.05) is 0 Å². The molecule has 0 aromatic carbocycles. The van der Waals surface area contributed by atoms with Crippen molar-refractivity contribution in [2.75, 3.05) is 20.6 Å². The molecule has 2 atom stereocenters. The number of nitrogens with zero attached hydrogens (tertiary/aromatic N) is 2. The van der Waals surface area contributed by atoms with Crippen molar-refractivity contribution < 1.29 is 23.5 Å². The van der Waals surface area contributed by atoms with Crippen molar-refractivity contribution in [2.24, 2.45) is 0 Å². The average Bonchev–Trinajstić information content (AvgIpc) is 3.32. The molecule has 29 heavy (non-hydrogen) atoms. The summed E-state index contributed by atoms with van der Waals surface area (Å²) in [6.07, 6.45) is 4.73. The molecule has 0 radical (unpaired) electrons. The molecule has 0 saturated heterocycles. The predicted molar refractivity (Wildman–Crippen MR) is 104 cm³/mol. The number of aryl methyl sites for hydroxylation is 1. The Bertz CT molecular complexity index is 857. The lowest BCUT2D eigenvalue weighted by Crippen LogP contribution is -2.41. The minimum Gasteiger partial charge on any atom is -0.468 e. The van der Waals surface area contributed by atoms with Crippen LogP contribution in [0.5, 0.6) is 0 Å². The molecule has 0 fully saturated rings. The first-order chi connectivity index (χ1) is 13.9. The lowest BCUT2D eigenvalue weighted by atomic mass is 9.92. The monoisotopic (exact) mass is 404 g/mol. The molecule has 1 unspecified atom stereocenters. The number of rotatable bonds is 8. The molecule has 1 aliphatic carbocycles. The fourth-order valence-electron chi connectivity index (χ4n) is 3.32. The molecule has 9 nitrogen and oxygen atoms in total. The number of likely N-dealkylation sites (N-methyl/N-ethyl adjacent to an activating group) is 1. The zero-order valence-electron chi connectivity index (χ0n) is 17.0. The van der Waals surface area contributed by atoms with Gasteiger partial charge in [-0.15, -0.1) is 0 Å². The standard InChI is InChI=1S/C20H28N4O5/c1-12(24(2)3)19(26)22-9-14-16(29-11-23-14)7-8-21-20(27)13-10-28-17-6-4-5-15(25)18(13)17/h10-12,15,25H,4-9H2,1-3H3,(H,21,27)(H,22,26)/t12-,15?/m0/s1. The van der Waals surface area contributed by atoms with Crippen LogP contribution >= 0.6 is 0 Å². The van der Waals surface area contributed by atoms with Gasteiger partial charge in [0.1, 0.15) is 23.5 Å². The number of carbonyl (C=O) groups is 2. The Hall–Kier alpha value is -2.65. The summed E-state index contributed by atoms with van der Waals surface area (Å²) in [5.41, 5.74) is 1.62. The summed E-state index contributed by atoms with van der Waals surface area (Å²) in [7, 11) is 3.68. The summed E-state index contributed by atoms with van der Waals surface area (Å²) in [6, 6.07) is -0.249. The summed E-state index contributed by atoms with van der Waals surface area (Å²) < 4.78 is 10.8. The maximum Gasteiger partial charge on any atom is 0.254 e. The Morgan fingerprint density at radius 2 is 2.14 bits per heavy atom. The maximum absolute atomic E-state index is 12.5. The Labute approximate surface area is 169 Å². The van der Waals surface area contributed by atoms with Crippen LogP contribution in [0.25, 0.3) is 0 Å². The molecule has 158 valence electrons. The van der Waals surface area contributed by atoms with Gasteiger partial charge in [-0.25, -0.2) is 4.98 Å². The second kappa shape index (κ2) is 9.23. The molecule has 9 heteroatoms. The highest BCUT2D eigenvalue weighted by atomic mass is 16.3. The van der Waals surface area contributed by atoms with Crippen LogP contribution in [0, 0.1) is 0 Å². The van der Waals surface area contributed by atoms with Gasteiger partial charge in [-0.3, -0.25) is 14.5 Å². The highest BCUT2D eigenvalue weighted by Gasteiger charge is 2.28. The van der Waals surface area contributed by atoms with E-state index in [1.165, 1.54) is 12.7 Å². The number of carbonyl (C=O) groups excluding carboxylic acids is 2. The highest BCUT2D eigenvalue weighted by Crippen LogP contribution is 2.33. The fourth-order valence-corrected chi connectivity index (χ4v) is 3.32. The summed E-state index contributed by atoms with van der Waals surface area (Å²) in [4.78, 5) is 30.5.